The molecule has 0 unspecified atom stereocenters. The van der Waals surface area contributed by atoms with Gasteiger partial charge in [0.2, 0.25) is 0 Å². The molecule has 1 saturated heterocycles. The second kappa shape index (κ2) is 6.22. The number of ether oxygens (including phenoxy) is 1. The summed E-state index contributed by atoms with van der Waals surface area (Å²) in [6, 6.07) is 1.60. The summed E-state index contributed by atoms with van der Waals surface area (Å²) in [5.41, 5.74) is 1.41. The van der Waals surface area contributed by atoms with Gasteiger partial charge in [-0.15, -0.1) is 0 Å². The molecular formula is C16H22N4O4S. The van der Waals surface area contributed by atoms with Crippen LogP contribution in [0.1, 0.15) is 41.8 Å². The molecule has 136 valence electrons. The van der Waals surface area contributed by atoms with Gasteiger partial charge in [-0.25, -0.2) is 13.4 Å². The van der Waals surface area contributed by atoms with Gasteiger partial charge in [0, 0.05) is 39.1 Å². The van der Waals surface area contributed by atoms with Crippen molar-refractivity contribution in [2.75, 3.05) is 19.8 Å². The second-order valence-electron chi connectivity index (χ2n) is 6.64. The van der Waals surface area contributed by atoms with E-state index in [0.717, 1.165) is 43.4 Å². The van der Waals surface area contributed by atoms with Crippen molar-refractivity contribution in [1.82, 2.24) is 19.1 Å². The van der Waals surface area contributed by atoms with Crippen LogP contribution in [0.5, 0.6) is 0 Å². The van der Waals surface area contributed by atoms with Crippen molar-refractivity contribution in [2.24, 2.45) is 7.05 Å². The minimum atomic E-state index is -3.60. The molecule has 0 atom stereocenters. The summed E-state index contributed by atoms with van der Waals surface area (Å²) in [4.78, 5) is 4.61. The first kappa shape index (κ1) is 16.7. The first-order valence-corrected chi connectivity index (χ1v) is 9.96. The Kier molecular flexibility index (Phi) is 4.17. The number of hydrogen-bond acceptors (Lipinski definition) is 6. The minimum absolute atomic E-state index is 0.210. The van der Waals surface area contributed by atoms with Gasteiger partial charge in [-0.2, -0.15) is 9.40 Å². The quantitative estimate of drug-likeness (QED) is 0.815. The molecule has 25 heavy (non-hydrogen) atoms. The van der Waals surface area contributed by atoms with Crippen molar-refractivity contribution >= 4 is 10.0 Å². The van der Waals surface area contributed by atoms with Crippen LogP contribution in [0.4, 0.5) is 0 Å². The molecule has 0 bridgehead atoms. The van der Waals surface area contributed by atoms with Crippen LogP contribution in [-0.2, 0) is 34.8 Å². The molecule has 4 rings (SSSR count). The fraction of sp³-hybridized carbons (Fsp3) is 0.625. The molecule has 1 fully saturated rings. The van der Waals surface area contributed by atoms with E-state index in [4.69, 9.17) is 9.15 Å². The van der Waals surface area contributed by atoms with Crippen molar-refractivity contribution in [1.29, 1.82) is 0 Å². The van der Waals surface area contributed by atoms with Crippen LogP contribution >= 0.6 is 0 Å². The Morgan fingerprint density at radius 1 is 1.28 bits per heavy atom. The topological polar surface area (TPSA) is 90.5 Å². The summed E-state index contributed by atoms with van der Waals surface area (Å²) in [5, 5.41) is 4.36. The average molecular weight is 366 g/mol. The third kappa shape index (κ3) is 3.00. The summed E-state index contributed by atoms with van der Waals surface area (Å²) in [7, 11) is -1.95. The van der Waals surface area contributed by atoms with Crippen LogP contribution in [0.2, 0.25) is 0 Å². The average Bonchev–Trinajstić information content (AvgIpc) is 3.18. The van der Waals surface area contributed by atoms with E-state index in [1.165, 1.54) is 8.99 Å². The number of aryl methyl sites for hydroxylation is 2. The molecule has 0 radical (unpaired) electrons. The highest BCUT2D eigenvalue weighted by Crippen LogP contribution is 2.31. The van der Waals surface area contributed by atoms with E-state index in [0.29, 0.717) is 18.7 Å². The zero-order valence-corrected chi connectivity index (χ0v) is 15.3. The van der Waals surface area contributed by atoms with Crippen molar-refractivity contribution in [3.63, 3.8) is 0 Å². The van der Waals surface area contributed by atoms with Crippen molar-refractivity contribution in [3.05, 3.63) is 29.1 Å². The molecule has 2 aromatic heterocycles. The number of sulfonamides is 1. The van der Waals surface area contributed by atoms with Crippen LogP contribution in [0.25, 0.3) is 0 Å². The molecule has 8 nitrogen and oxygen atoms in total. The van der Waals surface area contributed by atoms with Gasteiger partial charge < -0.3 is 9.15 Å². The van der Waals surface area contributed by atoms with Gasteiger partial charge in [-0.3, -0.25) is 4.68 Å². The Morgan fingerprint density at radius 2 is 2.04 bits per heavy atom. The largest absolute Gasteiger partial charge is 0.445 e. The molecule has 0 N–H and O–H groups in total. The molecule has 2 aromatic rings. The molecule has 0 spiro atoms. The van der Waals surface area contributed by atoms with E-state index >= 15 is 0 Å². The molecule has 0 aliphatic carbocycles. The Balaban J connectivity index is 1.58. The molecule has 2 aliphatic heterocycles. The maximum absolute atomic E-state index is 12.9. The molecule has 9 heteroatoms. The number of fused-ring (bicyclic) bond motifs is 1. The number of hydrogen-bond donors (Lipinski definition) is 0. The highest BCUT2D eigenvalue weighted by molar-refractivity contribution is 7.89. The zero-order valence-electron chi connectivity index (χ0n) is 14.4. The van der Waals surface area contributed by atoms with E-state index in [-0.39, 0.29) is 17.5 Å². The van der Waals surface area contributed by atoms with Gasteiger partial charge in [0.15, 0.2) is 10.9 Å². The molecule has 4 heterocycles. The van der Waals surface area contributed by atoms with Crippen molar-refractivity contribution in [3.8, 4) is 0 Å². The van der Waals surface area contributed by atoms with Crippen molar-refractivity contribution < 1.29 is 17.6 Å². The van der Waals surface area contributed by atoms with Gasteiger partial charge >= 0.3 is 0 Å². The van der Waals surface area contributed by atoms with Crippen LogP contribution in [-0.4, -0.2) is 47.2 Å². The van der Waals surface area contributed by atoms with Gasteiger partial charge in [-0.05, 0) is 25.8 Å². The van der Waals surface area contributed by atoms with E-state index in [2.05, 4.69) is 10.1 Å². The SMILES string of the molecule is Cc1cc(S(=O)(=O)N2CCc3oc(C4CCOCC4)nc3C2)n(C)n1. The highest BCUT2D eigenvalue weighted by atomic mass is 32.2. The van der Waals surface area contributed by atoms with Gasteiger partial charge in [0.1, 0.15) is 5.76 Å². The molecule has 0 saturated carbocycles. The summed E-state index contributed by atoms with van der Waals surface area (Å²) in [5.74, 6) is 1.81. The van der Waals surface area contributed by atoms with Crippen LogP contribution < -0.4 is 0 Å². The predicted molar refractivity (Wildman–Crippen MR) is 88.5 cm³/mol. The van der Waals surface area contributed by atoms with E-state index < -0.39 is 10.0 Å². The normalized spacial score (nSPS) is 19.9. The summed E-state index contributed by atoms with van der Waals surface area (Å²) >= 11 is 0. The minimum Gasteiger partial charge on any atom is -0.445 e. The summed E-state index contributed by atoms with van der Waals surface area (Å²) in [6.07, 6.45) is 2.34. The lowest BCUT2D eigenvalue weighted by Gasteiger charge is -2.24. The first-order chi connectivity index (χ1) is 11.9. The van der Waals surface area contributed by atoms with Gasteiger partial charge in [0.25, 0.3) is 10.0 Å². The van der Waals surface area contributed by atoms with E-state index in [1.54, 1.807) is 20.0 Å². The smallest absolute Gasteiger partial charge is 0.260 e. The molecule has 2 aliphatic rings. The second-order valence-corrected chi connectivity index (χ2v) is 8.53. The lowest BCUT2D eigenvalue weighted by Crippen LogP contribution is -2.36. The summed E-state index contributed by atoms with van der Waals surface area (Å²) in [6.45, 7) is 3.86. The van der Waals surface area contributed by atoms with Gasteiger partial charge in [-0.1, -0.05) is 0 Å². The standard InChI is InChI=1S/C16H22N4O4S/c1-11-9-15(19(2)18-11)25(21,22)20-6-3-14-13(10-20)17-16(24-14)12-4-7-23-8-5-12/h9,12H,3-8,10H2,1-2H3. The third-order valence-corrected chi connectivity index (χ3v) is 6.75. The Labute approximate surface area is 146 Å². The Hall–Kier alpha value is -1.71. The third-order valence-electron chi connectivity index (χ3n) is 4.84. The number of oxazole rings is 1. The fourth-order valence-electron chi connectivity index (χ4n) is 3.48. The number of rotatable bonds is 3. The zero-order chi connectivity index (χ0) is 17.6. The van der Waals surface area contributed by atoms with E-state index in [1.807, 2.05) is 0 Å². The van der Waals surface area contributed by atoms with Crippen LogP contribution in [0, 0.1) is 6.92 Å². The molecular weight excluding hydrogens is 344 g/mol. The predicted octanol–water partition coefficient (Wildman–Crippen LogP) is 1.36. The maximum Gasteiger partial charge on any atom is 0.260 e. The first-order valence-electron chi connectivity index (χ1n) is 8.52. The Bertz CT molecular complexity index is 880. The molecule has 0 amide bonds. The fourth-order valence-corrected chi connectivity index (χ4v) is 5.06. The van der Waals surface area contributed by atoms with E-state index in [9.17, 15) is 8.42 Å². The van der Waals surface area contributed by atoms with Crippen molar-refractivity contribution in [2.45, 2.75) is 43.7 Å². The summed E-state index contributed by atoms with van der Waals surface area (Å²) < 4.78 is 40.0. The van der Waals surface area contributed by atoms with Gasteiger partial charge in [0.05, 0.1) is 17.9 Å². The number of nitrogens with zero attached hydrogens (tertiary/aromatic N) is 4. The maximum atomic E-state index is 12.9. The van der Waals surface area contributed by atoms with Crippen LogP contribution in [0.15, 0.2) is 15.5 Å². The number of aromatic nitrogens is 3. The Morgan fingerprint density at radius 3 is 2.72 bits per heavy atom. The lowest BCUT2D eigenvalue weighted by atomic mass is 10.0. The molecule has 0 aromatic carbocycles. The van der Waals surface area contributed by atoms with Crippen LogP contribution in [0.3, 0.4) is 0 Å². The monoisotopic (exact) mass is 366 g/mol. The lowest BCUT2D eigenvalue weighted by molar-refractivity contribution is 0.0791. The highest BCUT2D eigenvalue weighted by Gasteiger charge is 2.34.